The summed E-state index contributed by atoms with van der Waals surface area (Å²) in [5.74, 6) is 0. The predicted molar refractivity (Wildman–Crippen MR) is 66.1 cm³/mol. The molecule has 2 N–H and O–H groups in total. The van der Waals surface area contributed by atoms with Crippen LogP contribution in [-0.2, 0) is 5.54 Å². The van der Waals surface area contributed by atoms with Gasteiger partial charge < -0.3 is 5.73 Å². The number of fused-ring (bicyclic) bond motifs is 2. The van der Waals surface area contributed by atoms with E-state index >= 15 is 0 Å². The van der Waals surface area contributed by atoms with Gasteiger partial charge in [-0.1, -0.05) is 30.3 Å². The lowest BCUT2D eigenvalue weighted by molar-refractivity contribution is 0.0948. The lowest BCUT2D eigenvalue weighted by Crippen LogP contribution is -2.57. The third-order valence-electron chi connectivity index (χ3n) is 4.64. The van der Waals surface area contributed by atoms with Gasteiger partial charge in [-0.15, -0.1) is 0 Å². The Balaban J connectivity index is 1.99. The zero-order valence-electron chi connectivity index (χ0n) is 9.89. The SMILES string of the molecule is CN1[C@H]2CC[C@@H]1[C@](N)(c1ccccc1)CC2. The van der Waals surface area contributed by atoms with Crippen molar-refractivity contribution in [2.75, 3.05) is 7.05 Å². The molecular weight excluding hydrogens is 196 g/mol. The van der Waals surface area contributed by atoms with E-state index in [1.165, 1.54) is 24.8 Å². The Morgan fingerprint density at radius 3 is 2.69 bits per heavy atom. The summed E-state index contributed by atoms with van der Waals surface area (Å²) in [6, 6.07) is 12.0. The molecule has 3 rings (SSSR count). The maximum absolute atomic E-state index is 6.71. The van der Waals surface area contributed by atoms with Gasteiger partial charge in [-0.25, -0.2) is 0 Å². The molecule has 0 aromatic heterocycles. The topological polar surface area (TPSA) is 29.3 Å². The molecule has 16 heavy (non-hydrogen) atoms. The van der Waals surface area contributed by atoms with Crippen LogP contribution in [0, 0.1) is 0 Å². The third-order valence-corrected chi connectivity index (χ3v) is 4.64. The molecule has 1 aromatic carbocycles. The van der Waals surface area contributed by atoms with Gasteiger partial charge in [0.15, 0.2) is 0 Å². The van der Waals surface area contributed by atoms with E-state index < -0.39 is 0 Å². The first-order valence-electron chi connectivity index (χ1n) is 6.28. The highest BCUT2D eigenvalue weighted by atomic mass is 15.2. The van der Waals surface area contributed by atoms with Gasteiger partial charge in [-0.2, -0.15) is 0 Å². The summed E-state index contributed by atoms with van der Waals surface area (Å²) in [5.41, 5.74) is 7.90. The van der Waals surface area contributed by atoms with Gasteiger partial charge in [0.1, 0.15) is 0 Å². The lowest BCUT2D eigenvalue weighted by atomic mass is 9.77. The van der Waals surface area contributed by atoms with E-state index in [1.54, 1.807) is 0 Å². The van der Waals surface area contributed by atoms with E-state index in [0.29, 0.717) is 6.04 Å². The number of piperidine rings is 1. The molecule has 0 radical (unpaired) electrons. The minimum absolute atomic E-state index is 0.122. The van der Waals surface area contributed by atoms with Gasteiger partial charge in [-0.3, -0.25) is 4.90 Å². The largest absolute Gasteiger partial charge is 0.320 e. The fraction of sp³-hybridized carbons (Fsp3) is 0.571. The van der Waals surface area contributed by atoms with Crippen LogP contribution in [0.1, 0.15) is 31.2 Å². The number of benzene rings is 1. The molecule has 0 aliphatic carbocycles. The molecule has 3 atom stereocenters. The number of nitrogens with two attached hydrogens (primary N) is 1. The van der Waals surface area contributed by atoms with E-state index in [2.05, 4.69) is 42.3 Å². The average molecular weight is 216 g/mol. The van der Waals surface area contributed by atoms with Crippen molar-refractivity contribution in [3.8, 4) is 0 Å². The summed E-state index contributed by atoms with van der Waals surface area (Å²) < 4.78 is 0. The Bertz CT molecular complexity index is 376. The van der Waals surface area contributed by atoms with Gasteiger partial charge in [-0.05, 0) is 38.3 Å². The summed E-state index contributed by atoms with van der Waals surface area (Å²) in [6.45, 7) is 0. The van der Waals surface area contributed by atoms with Gasteiger partial charge in [0.2, 0.25) is 0 Å². The summed E-state index contributed by atoms with van der Waals surface area (Å²) in [6.07, 6.45) is 4.97. The zero-order valence-corrected chi connectivity index (χ0v) is 9.89. The second-order valence-corrected chi connectivity index (χ2v) is 5.36. The predicted octanol–water partition coefficient (Wildman–Crippen LogP) is 2.10. The summed E-state index contributed by atoms with van der Waals surface area (Å²) in [5, 5.41) is 0. The highest BCUT2D eigenvalue weighted by molar-refractivity contribution is 5.28. The lowest BCUT2D eigenvalue weighted by Gasteiger charge is -2.45. The molecule has 0 amide bonds. The Morgan fingerprint density at radius 1 is 1.19 bits per heavy atom. The van der Waals surface area contributed by atoms with Gasteiger partial charge in [0, 0.05) is 12.1 Å². The molecule has 86 valence electrons. The Hall–Kier alpha value is -0.860. The molecule has 2 heteroatoms. The van der Waals surface area contributed by atoms with E-state index in [0.717, 1.165) is 12.5 Å². The molecule has 1 aromatic rings. The second-order valence-electron chi connectivity index (χ2n) is 5.36. The molecule has 2 aliphatic heterocycles. The smallest absolute Gasteiger partial charge is 0.0567 e. The quantitative estimate of drug-likeness (QED) is 0.779. The fourth-order valence-electron chi connectivity index (χ4n) is 3.64. The van der Waals surface area contributed by atoms with Gasteiger partial charge in [0.05, 0.1) is 5.54 Å². The zero-order chi connectivity index (χ0) is 11.2. The molecule has 2 bridgehead atoms. The van der Waals surface area contributed by atoms with Crippen molar-refractivity contribution in [1.29, 1.82) is 0 Å². The van der Waals surface area contributed by atoms with Crippen LogP contribution in [0.2, 0.25) is 0 Å². The average Bonchev–Trinajstić information content (AvgIpc) is 2.58. The molecule has 0 unspecified atom stereocenters. The summed E-state index contributed by atoms with van der Waals surface area (Å²) in [7, 11) is 2.24. The van der Waals surface area contributed by atoms with Crippen LogP contribution in [0.4, 0.5) is 0 Å². The Labute approximate surface area is 97.4 Å². The van der Waals surface area contributed by atoms with E-state index in [1.807, 2.05) is 0 Å². The van der Waals surface area contributed by atoms with Crippen molar-refractivity contribution in [3.63, 3.8) is 0 Å². The van der Waals surface area contributed by atoms with Gasteiger partial charge in [0.25, 0.3) is 0 Å². The minimum Gasteiger partial charge on any atom is -0.320 e. The van der Waals surface area contributed by atoms with Gasteiger partial charge >= 0.3 is 0 Å². The molecule has 2 aliphatic rings. The van der Waals surface area contributed by atoms with Crippen LogP contribution in [0.25, 0.3) is 0 Å². The van der Waals surface area contributed by atoms with Crippen molar-refractivity contribution in [1.82, 2.24) is 4.90 Å². The Kier molecular flexibility index (Phi) is 2.30. The first-order valence-corrected chi connectivity index (χ1v) is 6.28. The summed E-state index contributed by atoms with van der Waals surface area (Å²) >= 11 is 0. The monoisotopic (exact) mass is 216 g/mol. The molecule has 2 nitrogen and oxygen atoms in total. The second kappa shape index (κ2) is 3.57. The normalized spacial score (nSPS) is 38.9. The summed E-state index contributed by atoms with van der Waals surface area (Å²) in [4.78, 5) is 2.51. The van der Waals surface area contributed by atoms with Crippen LogP contribution in [0.3, 0.4) is 0 Å². The standard InChI is InChI=1S/C14H20N2/c1-16-12-7-8-13(16)14(15,10-9-12)11-5-3-2-4-6-11/h2-6,12-13H,7-10,15H2,1H3/t12-,13+,14+/m0/s1. The van der Waals surface area contributed by atoms with Crippen LogP contribution < -0.4 is 5.73 Å². The third kappa shape index (κ3) is 1.33. The molecular formula is C14H20N2. The van der Waals surface area contributed by atoms with Crippen molar-refractivity contribution in [3.05, 3.63) is 35.9 Å². The van der Waals surface area contributed by atoms with E-state index in [-0.39, 0.29) is 5.54 Å². The van der Waals surface area contributed by atoms with Crippen LogP contribution >= 0.6 is 0 Å². The van der Waals surface area contributed by atoms with E-state index in [9.17, 15) is 0 Å². The highest BCUT2D eigenvalue weighted by Gasteiger charge is 2.48. The van der Waals surface area contributed by atoms with Crippen molar-refractivity contribution in [2.24, 2.45) is 5.73 Å². The Morgan fingerprint density at radius 2 is 1.94 bits per heavy atom. The molecule has 2 heterocycles. The first kappa shape index (κ1) is 10.3. The maximum atomic E-state index is 6.71. The molecule has 0 spiro atoms. The molecule has 2 fully saturated rings. The minimum atomic E-state index is -0.122. The van der Waals surface area contributed by atoms with Crippen LogP contribution in [0.5, 0.6) is 0 Å². The van der Waals surface area contributed by atoms with Crippen molar-refractivity contribution in [2.45, 2.75) is 43.3 Å². The first-order chi connectivity index (χ1) is 7.72. The number of likely N-dealkylation sites (N-methyl/N-ethyl adjacent to an activating group) is 1. The number of rotatable bonds is 1. The van der Waals surface area contributed by atoms with Crippen LogP contribution in [-0.4, -0.2) is 24.0 Å². The van der Waals surface area contributed by atoms with Crippen LogP contribution in [0.15, 0.2) is 30.3 Å². The molecule has 2 saturated heterocycles. The maximum Gasteiger partial charge on any atom is 0.0567 e. The number of hydrogen-bond donors (Lipinski definition) is 1. The highest BCUT2D eigenvalue weighted by Crippen LogP contribution is 2.44. The number of hydrogen-bond acceptors (Lipinski definition) is 2. The fourth-order valence-corrected chi connectivity index (χ4v) is 3.64. The van der Waals surface area contributed by atoms with Crippen molar-refractivity contribution >= 4 is 0 Å². The van der Waals surface area contributed by atoms with E-state index in [4.69, 9.17) is 5.73 Å². The number of nitrogens with zero attached hydrogens (tertiary/aromatic N) is 1. The molecule has 0 saturated carbocycles. The van der Waals surface area contributed by atoms with Crippen molar-refractivity contribution < 1.29 is 0 Å².